The molecule has 0 radical (unpaired) electrons. The quantitative estimate of drug-likeness (QED) is 0.399. The minimum atomic E-state index is 0.0306. The number of guanidine groups is 1. The number of aliphatic imine (C=N–C) groups is 1. The van der Waals surface area contributed by atoms with Crippen molar-refractivity contribution in [1.29, 1.82) is 0 Å². The molecule has 2 fully saturated rings. The van der Waals surface area contributed by atoms with E-state index < -0.39 is 0 Å². The number of nitrogens with one attached hydrogen (secondary N) is 2. The third-order valence-corrected chi connectivity index (χ3v) is 5.85. The van der Waals surface area contributed by atoms with Gasteiger partial charge in [-0.2, -0.15) is 0 Å². The van der Waals surface area contributed by atoms with Crippen LogP contribution in [0.2, 0.25) is 0 Å². The molecule has 0 bridgehead atoms. The van der Waals surface area contributed by atoms with Gasteiger partial charge in [0.15, 0.2) is 5.96 Å². The van der Waals surface area contributed by atoms with Crippen LogP contribution in [0.5, 0.6) is 5.75 Å². The normalized spacial score (nSPS) is 25.0. The van der Waals surface area contributed by atoms with Gasteiger partial charge in [-0.15, -0.1) is 0 Å². The second kappa shape index (κ2) is 8.73. The van der Waals surface area contributed by atoms with E-state index in [1.54, 1.807) is 6.07 Å². The van der Waals surface area contributed by atoms with E-state index in [-0.39, 0.29) is 11.2 Å². The van der Waals surface area contributed by atoms with Crippen molar-refractivity contribution in [2.24, 2.45) is 4.99 Å². The molecule has 3 N–H and O–H groups in total. The van der Waals surface area contributed by atoms with Crippen molar-refractivity contribution in [3.8, 4) is 5.75 Å². The number of aromatic hydroxyl groups is 1. The van der Waals surface area contributed by atoms with Gasteiger partial charge in [0, 0.05) is 25.2 Å². The van der Waals surface area contributed by atoms with Crippen molar-refractivity contribution in [2.75, 3.05) is 18.4 Å². The molecule has 0 spiro atoms. The van der Waals surface area contributed by atoms with E-state index in [4.69, 9.17) is 4.99 Å². The first-order valence-electron chi connectivity index (χ1n) is 10.9. The smallest absolute Gasteiger partial charge is 0.198 e. The van der Waals surface area contributed by atoms with Crippen molar-refractivity contribution in [1.82, 2.24) is 10.2 Å². The highest BCUT2D eigenvalue weighted by molar-refractivity contribution is 5.95. The second-order valence-corrected chi connectivity index (χ2v) is 9.73. The second-order valence-electron chi connectivity index (χ2n) is 9.73. The van der Waals surface area contributed by atoms with Crippen molar-refractivity contribution in [2.45, 2.75) is 90.3 Å². The molecule has 1 aliphatic carbocycles. The lowest BCUT2D eigenvalue weighted by Crippen LogP contribution is -2.57. The van der Waals surface area contributed by atoms with Gasteiger partial charge in [-0.3, -0.25) is 0 Å². The Hall–Kier alpha value is -1.75. The summed E-state index contributed by atoms with van der Waals surface area (Å²) in [6.45, 7) is 12.9. The summed E-state index contributed by atoms with van der Waals surface area (Å²) in [6, 6.07) is 7.08. The number of phenols is 1. The van der Waals surface area contributed by atoms with Crippen LogP contribution < -0.4 is 10.6 Å². The minimum Gasteiger partial charge on any atom is -0.506 e. The molecule has 2 unspecified atom stereocenters. The van der Waals surface area contributed by atoms with E-state index in [1.165, 1.54) is 24.8 Å². The van der Waals surface area contributed by atoms with E-state index in [0.29, 0.717) is 18.1 Å². The molecule has 2 atom stereocenters. The van der Waals surface area contributed by atoms with E-state index >= 15 is 0 Å². The number of piperazine rings is 1. The molecule has 5 heteroatoms. The van der Waals surface area contributed by atoms with Gasteiger partial charge in [-0.25, -0.2) is 4.99 Å². The molecule has 1 aromatic rings. The third-order valence-electron chi connectivity index (χ3n) is 5.85. The minimum absolute atomic E-state index is 0.0306. The maximum absolute atomic E-state index is 10.5. The number of nitrogens with zero attached hydrogens (tertiary/aromatic N) is 2. The number of benzene rings is 1. The Morgan fingerprint density at radius 1 is 1.11 bits per heavy atom. The summed E-state index contributed by atoms with van der Waals surface area (Å²) in [7, 11) is 0. The predicted molar refractivity (Wildman–Crippen MR) is 118 cm³/mol. The molecule has 5 nitrogen and oxygen atoms in total. The molecular weight excluding hydrogens is 348 g/mol. The SMILES string of the molecule is CC1CN(C(=NC2CCCCC2)Nc2cc(C(C)(C)C)ccc2O)CC(C)N1. The Morgan fingerprint density at radius 2 is 1.75 bits per heavy atom. The Balaban J connectivity index is 1.90. The lowest BCUT2D eigenvalue weighted by Gasteiger charge is -2.38. The van der Waals surface area contributed by atoms with Crippen molar-refractivity contribution in [3.63, 3.8) is 0 Å². The largest absolute Gasteiger partial charge is 0.506 e. The van der Waals surface area contributed by atoms with Crippen LogP contribution in [0, 0.1) is 0 Å². The molecule has 1 aliphatic heterocycles. The van der Waals surface area contributed by atoms with Gasteiger partial charge >= 0.3 is 0 Å². The lowest BCUT2D eigenvalue weighted by atomic mass is 9.87. The molecule has 0 aromatic heterocycles. The van der Waals surface area contributed by atoms with Crippen LogP contribution in [0.15, 0.2) is 23.2 Å². The number of phenolic OH excluding ortho intramolecular Hbond substituents is 1. The fourth-order valence-corrected chi connectivity index (χ4v) is 4.30. The molecule has 156 valence electrons. The summed E-state index contributed by atoms with van der Waals surface area (Å²) >= 11 is 0. The molecule has 1 heterocycles. The maximum Gasteiger partial charge on any atom is 0.198 e. The number of anilines is 1. The fourth-order valence-electron chi connectivity index (χ4n) is 4.30. The van der Waals surface area contributed by atoms with Crippen LogP contribution >= 0.6 is 0 Å². The summed E-state index contributed by atoms with van der Waals surface area (Å²) in [4.78, 5) is 7.50. The number of hydrogen-bond acceptors (Lipinski definition) is 3. The molecule has 3 rings (SSSR count). The predicted octanol–water partition coefficient (Wildman–Crippen LogP) is 4.47. The Kier molecular flexibility index (Phi) is 6.54. The third kappa shape index (κ3) is 5.40. The van der Waals surface area contributed by atoms with Crippen LogP contribution in [-0.2, 0) is 5.41 Å². The summed E-state index contributed by atoms with van der Waals surface area (Å²) in [6.07, 6.45) is 6.18. The van der Waals surface area contributed by atoms with Crippen LogP contribution in [0.25, 0.3) is 0 Å². The molecule has 1 saturated heterocycles. The van der Waals surface area contributed by atoms with Crippen molar-refractivity contribution >= 4 is 11.6 Å². The Morgan fingerprint density at radius 3 is 2.36 bits per heavy atom. The van der Waals surface area contributed by atoms with Crippen LogP contribution in [-0.4, -0.2) is 47.2 Å². The molecular formula is C23H38N4O. The zero-order valence-electron chi connectivity index (χ0n) is 18.3. The zero-order valence-corrected chi connectivity index (χ0v) is 18.3. The summed E-state index contributed by atoms with van der Waals surface area (Å²) in [5.74, 6) is 1.19. The molecule has 1 aromatic carbocycles. The van der Waals surface area contributed by atoms with Gasteiger partial charge < -0.3 is 20.6 Å². The van der Waals surface area contributed by atoms with Crippen molar-refractivity contribution < 1.29 is 5.11 Å². The Labute approximate surface area is 170 Å². The molecule has 28 heavy (non-hydrogen) atoms. The standard InChI is InChI=1S/C23H38N4O/c1-16-14-27(15-17(2)24-16)22(25-19-9-7-6-8-10-19)26-20-13-18(23(3,4)5)11-12-21(20)28/h11-13,16-17,19,24,28H,6-10,14-15H2,1-5H3,(H,25,26). The highest BCUT2D eigenvalue weighted by Gasteiger charge is 2.26. The van der Waals surface area contributed by atoms with Gasteiger partial charge in [-0.1, -0.05) is 46.1 Å². The van der Waals surface area contributed by atoms with E-state index in [2.05, 4.69) is 56.2 Å². The van der Waals surface area contributed by atoms with Gasteiger partial charge in [-0.05, 0) is 49.8 Å². The maximum atomic E-state index is 10.5. The zero-order chi connectivity index (χ0) is 20.3. The highest BCUT2D eigenvalue weighted by atomic mass is 16.3. The van der Waals surface area contributed by atoms with Crippen LogP contribution in [0.1, 0.15) is 72.3 Å². The summed E-state index contributed by atoms with van der Waals surface area (Å²) < 4.78 is 0. The van der Waals surface area contributed by atoms with Crippen molar-refractivity contribution in [3.05, 3.63) is 23.8 Å². The Bertz CT molecular complexity index is 678. The first kappa shape index (κ1) is 21.0. The summed E-state index contributed by atoms with van der Waals surface area (Å²) in [5, 5.41) is 17.6. The van der Waals surface area contributed by atoms with Crippen LogP contribution in [0.3, 0.4) is 0 Å². The molecule has 2 aliphatic rings. The van der Waals surface area contributed by atoms with E-state index in [9.17, 15) is 5.11 Å². The first-order chi connectivity index (χ1) is 13.2. The van der Waals surface area contributed by atoms with Crippen LogP contribution in [0.4, 0.5) is 5.69 Å². The highest BCUT2D eigenvalue weighted by Crippen LogP contribution is 2.31. The average Bonchev–Trinajstić information content (AvgIpc) is 2.62. The monoisotopic (exact) mass is 386 g/mol. The topological polar surface area (TPSA) is 59.9 Å². The number of hydrogen-bond donors (Lipinski definition) is 3. The van der Waals surface area contributed by atoms with Gasteiger partial charge in [0.2, 0.25) is 0 Å². The lowest BCUT2D eigenvalue weighted by molar-refractivity contribution is 0.252. The average molecular weight is 387 g/mol. The van der Waals surface area contributed by atoms with Gasteiger partial charge in [0.1, 0.15) is 5.75 Å². The first-order valence-corrected chi connectivity index (χ1v) is 10.9. The van der Waals surface area contributed by atoms with E-state index in [1.807, 2.05) is 6.07 Å². The van der Waals surface area contributed by atoms with E-state index in [0.717, 1.165) is 37.6 Å². The summed E-state index contributed by atoms with van der Waals surface area (Å²) in [5.41, 5.74) is 1.98. The van der Waals surface area contributed by atoms with Gasteiger partial charge in [0.25, 0.3) is 0 Å². The fraction of sp³-hybridized carbons (Fsp3) is 0.696. The van der Waals surface area contributed by atoms with Gasteiger partial charge in [0.05, 0.1) is 11.7 Å². The number of rotatable bonds is 2. The molecule has 0 amide bonds. The molecule has 1 saturated carbocycles.